The van der Waals surface area contributed by atoms with E-state index in [0.29, 0.717) is 29.7 Å². The van der Waals surface area contributed by atoms with Crippen LogP contribution in [0.4, 0.5) is 9.18 Å². The number of carboxylic acids is 1. The van der Waals surface area contributed by atoms with E-state index in [2.05, 4.69) is 0 Å². The lowest BCUT2D eigenvalue weighted by Gasteiger charge is -2.35. The first-order valence-electron chi connectivity index (χ1n) is 8.68. The topological polar surface area (TPSA) is 89.2 Å². The van der Waals surface area contributed by atoms with Gasteiger partial charge >= 0.3 is 12.1 Å². The summed E-state index contributed by atoms with van der Waals surface area (Å²) in [5.41, 5.74) is -0.221. The molecule has 1 fully saturated rings. The molecular weight excluding hydrogens is 357 g/mol. The van der Waals surface area contributed by atoms with Crippen LogP contribution in [-0.4, -0.2) is 53.0 Å². The summed E-state index contributed by atoms with van der Waals surface area (Å²) in [6, 6.07) is 6.19. The number of rotatable bonds is 3. The van der Waals surface area contributed by atoms with Crippen LogP contribution in [0.25, 0.3) is 11.0 Å². The number of piperidine rings is 1. The number of carboxylic acid groups (broad SMARTS) is 1. The normalized spacial score (nSPS) is 20.5. The lowest BCUT2D eigenvalue weighted by Crippen LogP contribution is -2.50. The van der Waals surface area contributed by atoms with Gasteiger partial charge in [0.1, 0.15) is 23.0 Å². The minimum atomic E-state index is -1.36. The number of likely N-dealkylation sites (tertiary alicyclic amines) is 1. The van der Waals surface area contributed by atoms with E-state index in [4.69, 9.17) is 19.0 Å². The van der Waals surface area contributed by atoms with Crippen LogP contribution in [0.1, 0.15) is 37.7 Å². The van der Waals surface area contributed by atoms with Crippen molar-refractivity contribution < 1.29 is 33.0 Å². The second-order valence-electron chi connectivity index (χ2n) is 7.50. The summed E-state index contributed by atoms with van der Waals surface area (Å²) in [5.74, 6) is -0.915. The van der Waals surface area contributed by atoms with Gasteiger partial charge in [-0.05, 0) is 45.0 Å². The maximum Gasteiger partial charge on any atom is 0.410 e. The Bertz CT molecular complexity index is 855. The van der Waals surface area contributed by atoms with E-state index in [1.165, 1.54) is 11.0 Å². The van der Waals surface area contributed by atoms with Gasteiger partial charge in [0.25, 0.3) is 0 Å². The van der Waals surface area contributed by atoms with E-state index in [9.17, 15) is 14.0 Å². The van der Waals surface area contributed by atoms with Crippen LogP contribution in [0.15, 0.2) is 28.7 Å². The molecule has 1 aromatic heterocycles. The standard InChI is InChI=1S/C19H22FNO6/c1-19(2,3)27-18(24)21-7-6-15(13(20)10-21)25-12-4-5-14-11(8-12)9-16(26-14)17(22)23/h4-5,8-9,13,15H,6-7,10H2,1-3H3,(H,22,23). The number of furan rings is 1. The summed E-state index contributed by atoms with van der Waals surface area (Å²) in [7, 11) is 0. The summed E-state index contributed by atoms with van der Waals surface area (Å²) in [5, 5.41) is 9.54. The van der Waals surface area contributed by atoms with E-state index < -0.39 is 29.9 Å². The van der Waals surface area contributed by atoms with Crippen LogP contribution in [0.3, 0.4) is 0 Å². The van der Waals surface area contributed by atoms with Crippen molar-refractivity contribution in [1.82, 2.24) is 4.90 Å². The lowest BCUT2D eigenvalue weighted by molar-refractivity contribution is -0.0105. The fourth-order valence-corrected chi connectivity index (χ4v) is 2.88. The van der Waals surface area contributed by atoms with Gasteiger partial charge in [-0.2, -0.15) is 0 Å². The second kappa shape index (κ2) is 7.09. The van der Waals surface area contributed by atoms with Crippen LogP contribution in [0.5, 0.6) is 5.75 Å². The number of ether oxygens (including phenoxy) is 2. The zero-order valence-electron chi connectivity index (χ0n) is 15.4. The van der Waals surface area contributed by atoms with Crippen LogP contribution in [-0.2, 0) is 4.74 Å². The fraction of sp³-hybridized carbons (Fsp3) is 0.474. The van der Waals surface area contributed by atoms with E-state index in [-0.39, 0.29) is 12.3 Å². The quantitative estimate of drug-likeness (QED) is 0.871. The molecule has 1 saturated heterocycles. The van der Waals surface area contributed by atoms with Gasteiger partial charge in [-0.1, -0.05) is 0 Å². The first kappa shape index (κ1) is 19.0. The Morgan fingerprint density at radius 2 is 2.04 bits per heavy atom. The highest BCUT2D eigenvalue weighted by molar-refractivity contribution is 5.91. The first-order valence-corrected chi connectivity index (χ1v) is 8.68. The minimum Gasteiger partial charge on any atom is -0.487 e. The SMILES string of the molecule is CC(C)(C)OC(=O)N1CCC(Oc2ccc3oc(C(=O)O)cc3c2)C(F)C1. The van der Waals surface area contributed by atoms with Gasteiger partial charge in [-0.25, -0.2) is 14.0 Å². The molecule has 7 nitrogen and oxygen atoms in total. The monoisotopic (exact) mass is 379 g/mol. The fourth-order valence-electron chi connectivity index (χ4n) is 2.88. The molecule has 1 amide bonds. The Morgan fingerprint density at radius 1 is 1.30 bits per heavy atom. The highest BCUT2D eigenvalue weighted by Crippen LogP contribution is 2.27. The van der Waals surface area contributed by atoms with Gasteiger partial charge in [0.2, 0.25) is 5.76 Å². The molecule has 2 heterocycles. The van der Waals surface area contributed by atoms with Gasteiger partial charge in [0, 0.05) is 18.4 Å². The third-order valence-electron chi connectivity index (χ3n) is 4.12. The number of fused-ring (bicyclic) bond motifs is 1. The molecule has 2 atom stereocenters. The zero-order valence-corrected chi connectivity index (χ0v) is 15.4. The number of hydrogen-bond acceptors (Lipinski definition) is 5. The molecule has 3 rings (SSSR count). The number of carbonyl (C=O) groups is 2. The van der Waals surface area contributed by atoms with Crippen molar-refractivity contribution in [2.75, 3.05) is 13.1 Å². The first-order chi connectivity index (χ1) is 12.6. The molecule has 1 aliphatic heterocycles. The Kier molecular flexibility index (Phi) is 4.99. The molecule has 0 radical (unpaired) electrons. The molecule has 8 heteroatoms. The summed E-state index contributed by atoms with van der Waals surface area (Å²) in [6.07, 6.45) is -2.28. The van der Waals surface area contributed by atoms with E-state index in [1.54, 1.807) is 39.0 Å². The number of halogens is 1. The molecule has 2 aromatic rings. The van der Waals surface area contributed by atoms with Crippen molar-refractivity contribution in [1.29, 1.82) is 0 Å². The average Bonchev–Trinajstić information content (AvgIpc) is 2.98. The van der Waals surface area contributed by atoms with Crippen molar-refractivity contribution in [3.8, 4) is 5.75 Å². The lowest BCUT2D eigenvalue weighted by atomic mass is 10.1. The minimum absolute atomic E-state index is 0.100. The van der Waals surface area contributed by atoms with E-state index in [0.717, 1.165) is 0 Å². The number of nitrogens with zero attached hydrogens (tertiary/aromatic N) is 1. The van der Waals surface area contributed by atoms with Gasteiger partial charge < -0.3 is 23.9 Å². The number of carbonyl (C=O) groups excluding carboxylic acids is 1. The third-order valence-corrected chi connectivity index (χ3v) is 4.12. The van der Waals surface area contributed by atoms with Gasteiger partial charge in [-0.15, -0.1) is 0 Å². The van der Waals surface area contributed by atoms with Crippen LogP contribution < -0.4 is 4.74 Å². The third kappa shape index (κ3) is 4.50. The number of amides is 1. The molecular formula is C19H22FNO6. The molecule has 1 N–H and O–H groups in total. The number of benzene rings is 1. The van der Waals surface area contributed by atoms with E-state index in [1.807, 2.05) is 0 Å². The van der Waals surface area contributed by atoms with Gasteiger partial charge in [0.15, 0.2) is 6.17 Å². The molecule has 0 saturated carbocycles. The van der Waals surface area contributed by atoms with E-state index >= 15 is 0 Å². The maximum atomic E-state index is 14.5. The van der Waals surface area contributed by atoms with Crippen molar-refractivity contribution in [2.24, 2.45) is 0 Å². The van der Waals surface area contributed by atoms with Gasteiger partial charge in [0.05, 0.1) is 6.54 Å². The Morgan fingerprint density at radius 3 is 2.67 bits per heavy atom. The summed E-state index contributed by atoms with van der Waals surface area (Å²) in [4.78, 5) is 24.4. The molecule has 27 heavy (non-hydrogen) atoms. The zero-order chi connectivity index (χ0) is 19.8. The second-order valence-corrected chi connectivity index (χ2v) is 7.50. The largest absolute Gasteiger partial charge is 0.487 e. The number of aromatic carboxylic acids is 1. The number of alkyl halides is 1. The summed E-state index contributed by atoms with van der Waals surface area (Å²) in [6.45, 7) is 5.51. The summed E-state index contributed by atoms with van der Waals surface area (Å²) < 4.78 is 30.7. The molecule has 1 aliphatic rings. The van der Waals surface area contributed by atoms with Crippen molar-refractivity contribution in [2.45, 2.75) is 45.1 Å². The molecule has 0 aliphatic carbocycles. The molecule has 0 bridgehead atoms. The van der Waals surface area contributed by atoms with Crippen molar-refractivity contribution in [3.05, 3.63) is 30.0 Å². The Balaban J connectivity index is 1.64. The predicted octanol–water partition coefficient (Wildman–Crippen LogP) is 3.86. The average molecular weight is 379 g/mol. The predicted molar refractivity (Wildman–Crippen MR) is 94.9 cm³/mol. The number of hydrogen-bond donors (Lipinski definition) is 1. The van der Waals surface area contributed by atoms with Crippen LogP contribution >= 0.6 is 0 Å². The summed E-state index contributed by atoms with van der Waals surface area (Å²) >= 11 is 0. The van der Waals surface area contributed by atoms with Crippen LogP contribution in [0, 0.1) is 0 Å². The maximum absolute atomic E-state index is 14.5. The van der Waals surface area contributed by atoms with Crippen molar-refractivity contribution >= 4 is 23.0 Å². The molecule has 146 valence electrons. The van der Waals surface area contributed by atoms with Crippen LogP contribution in [0.2, 0.25) is 0 Å². The molecule has 2 unspecified atom stereocenters. The van der Waals surface area contributed by atoms with Crippen molar-refractivity contribution in [3.63, 3.8) is 0 Å². The highest BCUT2D eigenvalue weighted by atomic mass is 19.1. The Hall–Kier alpha value is -2.77. The smallest absolute Gasteiger partial charge is 0.410 e. The van der Waals surface area contributed by atoms with Gasteiger partial charge in [-0.3, -0.25) is 0 Å². The Labute approximate surface area is 155 Å². The molecule has 0 spiro atoms. The highest BCUT2D eigenvalue weighted by Gasteiger charge is 2.35. The molecule has 1 aromatic carbocycles.